The summed E-state index contributed by atoms with van der Waals surface area (Å²) in [5.74, 6) is 2.11. The first-order valence-electron chi connectivity index (χ1n) is 10.1. The predicted octanol–water partition coefficient (Wildman–Crippen LogP) is 3.86. The molecule has 0 saturated carbocycles. The molecule has 2 aromatic carbocycles. The fourth-order valence-corrected chi connectivity index (χ4v) is 4.70. The van der Waals surface area contributed by atoms with Crippen molar-refractivity contribution >= 4 is 34.2 Å². The molecule has 1 saturated heterocycles. The summed E-state index contributed by atoms with van der Waals surface area (Å²) in [4.78, 5) is 21.9. The highest BCUT2D eigenvalue weighted by Crippen LogP contribution is 2.33. The molecule has 5 rings (SSSR count). The van der Waals surface area contributed by atoms with E-state index in [-0.39, 0.29) is 18.7 Å². The summed E-state index contributed by atoms with van der Waals surface area (Å²) in [5.41, 5.74) is 1.74. The quantitative estimate of drug-likeness (QED) is 0.593. The second-order valence-corrected chi connectivity index (χ2v) is 8.82. The second kappa shape index (κ2) is 8.36. The lowest BCUT2D eigenvalue weighted by Crippen LogP contribution is -2.54. The molecule has 0 spiro atoms. The highest BCUT2D eigenvalue weighted by atomic mass is 35.5. The third-order valence-corrected chi connectivity index (χ3v) is 6.58. The fraction of sp³-hybridized carbons (Fsp3) is 0.318. The molecule has 2 aliphatic heterocycles. The van der Waals surface area contributed by atoms with Crippen molar-refractivity contribution in [2.45, 2.75) is 19.4 Å². The number of carbonyl (C=O) groups is 1. The van der Waals surface area contributed by atoms with E-state index in [2.05, 4.69) is 16.2 Å². The maximum absolute atomic E-state index is 13.1. The van der Waals surface area contributed by atoms with Crippen LogP contribution in [0.2, 0.25) is 5.02 Å². The Bertz CT molecular complexity index is 1100. The van der Waals surface area contributed by atoms with Gasteiger partial charge in [-0.15, -0.1) is 0 Å². The Labute approximate surface area is 189 Å². The lowest BCUT2D eigenvalue weighted by Gasteiger charge is -2.39. The van der Waals surface area contributed by atoms with E-state index >= 15 is 0 Å². The van der Waals surface area contributed by atoms with Gasteiger partial charge in [-0.25, -0.2) is 4.98 Å². The van der Waals surface area contributed by atoms with Crippen LogP contribution in [0.3, 0.4) is 0 Å². The van der Waals surface area contributed by atoms with Gasteiger partial charge in [0.05, 0.1) is 0 Å². The Kier molecular flexibility index (Phi) is 5.41. The first kappa shape index (κ1) is 20.1. The Hall–Kier alpha value is -2.84. The number of nitrogens with zero attached hydrogens (tertiary/aromatic N) is 4. The molecule has 160 valence electrons. The Morgan fingerprint density at radius 2 is 1.97 bits per heavy atom. The molecule has 1 aromatic heterocycles. The number of fused-ring (bicyclic) bond motifs is 1. The minimum Gasteiger partial charge on any atom is -0.454 e. The van der Waals surface area contributed by atoms with Crippen molar-refractivity contribution in [1.29, 1.82) is 0 Å². The molecule has 0 N–H and O–H groups in total. The number of aromatic nitrogens is 2. The summed E-state index contributed by atoms with van der Waals surface area (Å²) >= 11 is 7.36. The van der Waals surface area contributed by atoms with Gasteiger partial charge in [0.15, 0.2) is 11.5 Å². The zero-order valence-corrected chi connectivity index (χ0v) is 18.5. The lowest BCUT2D eigenvalue weighted by molar-refractivity contribution is 0.0673. The summed E-state index contributed by atoms with van der Waals surface area (Å²) in [6, 6.07) is 13.1. The number of hydrogen-bond donors (Lipinski definition) is 0. The van der Waals surface area contributed by atoms with E-state index in [0.29, 0.717) is 36.6 Å². The number of rotatable bonds is 4. The van der Waals surface area contributed by atoms with Crippen LogP contribution in [0.5, 0.6) is 11.5 Å². The summed E-state index contributed by atoms with van der Waals surface area (Å²) in [7, 11) is 0. The maximum Gasteiger partial charge on any atom is 0.254 e. The SMILES string of the molecule is CC1CN(c2nc(Cc3ccc(Cl)cc3)ns2)CCN1C(=O)c1ccc2c(c1)OCO2. The van der Waals surface area contributed by atoms with E-state index in [9.17, 15) is 4.79 Å². The van der Waals surface area contributed by atoms with Crippen LogP contribution in [-0.2, 0) is 6.42 Å². The van der Waals surface area contributed by atoms with Crippen LogP contribution in [-0.4, -0.2) is 52.6 Å². The first-order valence-corrected chi connectivity index (χ1v) is 11.2. The maximum atomic E-state index is 13.1. The molecular weight excluding hydrogens is 436 g/mol. The minimum absolute atomic E-state index is 0.00569. The van der Waals surface area contributed by atoms with Gasteiger partial charge < -0.3 is 19.3 Å². The molecule has 1 atom stereocenters. The van der Waals surface area contributed by atoms with Crippen LogP contribution in [0.15, 0.2) is 42.5 Å². The van der Waals surface area contributed by atoms with Gasteiger partial charge in [-0.1, -0.05) is 23.7 Å². The van der Waals surface area contributed by atoms with Crippen LogP contribution < -0.4 is 14.4 Å². The van der Waals surface area contributed by atoms with Gasteiger partial charge in [-0.2, -0.15) is 4.37 Å². The van der Waals surface area contributed by atoms with Gasteiger partial charge in [0.1, 0.15) is 5.82 Å². The molecule has 1 fully saturated rings. The van der Waals surface area contributed by atoms with Crippen molar-refractivity contribution in [2.24, 2.45) is 0 Å². The Balaban J connectivity index is 1.23. The van der Waals surface area contributed by atoms with Crippen LogP contribution in [0.25, 0.3) is 0 Å². The highest BCUT2D eigenvalue weighted by Gasteiger charge is 2.30. The zero-order valence-electron chi connectivity index (χ0n) is 17.0. The van der Waals surface area contributed by atoms with Gasteiger partial charge in [-0.05, 0) is 42.8 Å². The van der Waals surface area contributed by atoms with Crippen molar-refractivity contribution in [1.82, 2.24) is 14.3 Å². The predicted molar refractivity (Wildman–Crippen MR) is 119 cm³/mol. The normalized spacial score (nSPS) is 17.8. The molecule has 7 nitrogen and oxygen atoms in total. The number of piperazine rings is 1. The lowest BCUT2D eigenvalue weighted by atomic mass is 10.1. The molecule has 3 aromatic rings. The van der Waals surface area contributed by atoms with Crippen LogP contribution >= 0.6 is 23.1 Å². The highest BCUT2D eigenvalue weighted by molar-refractivity contribution is 7.09. The van der Waals surface area contributed by atoms with Gasteiger partial charge in [0.25, 0.3) is 5.91 Å². The molecule has 1 unspecified atom stereocenters. The van der Waals surface area contributed by atoms with E-state index in [0.717, 1.165) is 28.1 Å². The Morgan fingerprint density at radius 1 is 1.16 bits per heavy atom. The van der Waals surface area contributed by atoms with Gasteiger partial charge in [0.2, 0.25) is 11.9 Å². The number of benzene rings is 2. The standard InChI is InChI=1S/C22H21ClN4O3S/c1-14-12-26(22-24-20(25-31-22)10-15-2-5-17(23)6-3-15)8-9-27(14)21(28)16-4-7-18-19(11-16)30-13-29-18/h2-7,11,14H,8-10,12-13H2,1H3. The average Bonchev–Trinajstić information content (AvgIpc) is 3.44. The van der Waals surface area contributed by atoms with E-state index in [1.807, 2.05) is 29.2 Å². The molecular formula is C22H21ClN4O3S. The molecule has 31 heavy (non-hydrogen) atoms. The molecule has 0 radical (unpaired) electrons. The second-order valence-electron chi connectivity index (χ2n) is 7.66. The zero-order chi connectivity index (χ0) is 21.4. The number of anilines is 1. The number of ether oxygens (including phenoxy) is 2. The smallest absolute Gasteiger partial charge is 0.254 e. The van der Waals surface area contributed by atoms with Crippen molar-refractivity contribution in [2.75, 3.05) is 31.3 Å². The van der Waals surface area contributed by atoms with Gasteiger partial charge in [0, 0.05) is 54.2 Å². The van der Waals surface area contributed by atoms with Crippen molar-refractivity contribution in [3.05, 3.63) is 64.4 Å². The number of carbonyl (C=O) groups excluding carboxylic acids is 1. The first-order chi connectivity index (χ1) is 15.1. The largest absolute Gasteiger partial charge is 0.454 e. The van der Waals surface area contributed by atoms with Gasteiger partial charge >= 0.3 is 0 Å². The summed E-state index contributed by atoms with van der Waals surface area (Å²) in [5, 5.41) is 1.61. The molecule has 0 aliphatic carbocycles. The number of amides is 1. The summed E-state index contributed by atoms with van der Waals surface area (Å²) < 4.78 is 15.3. The molecule has 0 bridgehead atoms. The summed E-state index contributed by atoms with van der Waals surface area (Å²) in [6.07, 6.45) is 0.672. The number of halogens is 1. The van der Waals surface area contributed by atoms with E-state index in [1.54, 1.807) is 18.2 Å². The van der Waals surface area contributed by atoms with E-state index in [4.69, 9.17) is 26.1 Å². The topological polar surface area (TPSA) is 67.8 Å². The van der Waals surface area contributed by atoms with Gasteiger partial charge in [-0.3, -0.25) is 4.79 Å². The van der Waals surface area contributed by atoms with E-state index in [1.165, 1.54) is 11.5 Å². The molecule has 1 amide bonds. The summed E-state index contributed by atoms with van der Waals surface area (Å²) in [6.45, 7) is 4.32. The molecule has 9 heteroatoms. The minimum atomic E-state index is 0.00569. The van der Waals surface area contributed by atoms with Crippen LogP contribution in [0.1, 0.15) is 28.7 Å². The molecule has 2 aliphatic rings. The van der Waals surface area contributed by atoms with Crippen LogP contribution in [0.4, 0.5) is 5.13 Å². The molecule has 3 heterocycles. The van der Waals surface area contributed by atoms with Crippen molar-refractivity contribution < 1.29 is 14.3 Å². The average molecular weight is 457 g/mol. The van der Waals surface area contributed by atoms with Crippen molar-refractivity contribution in [3.8, 4) is 11.5 Å². The third kappa shape index (κ3) is 4.18. The fourth-order valence-electron chi connectivity index (χ4n) is 3.86. The number of hydrogen-bond acceptors (Lipinski definition) is 7. The monoisotopic (exact) mass is 456 g/mol. The van der Waals surface area contributed by atoms with Crippen LogP contribution in [0, 0.1) is 0 Å². The van der Waals surface area contributed by atoms with E-state index < -0.39 is 0 Å². The Morgan fingerprint density at radius 3 is 2.77 bits per heavy atom. The third-order valence-electron chi connectivity index (χ3n) is 5.51. The van der Waals surface area contributed by atoms with Crippen molar-refractivity contribution in [3.63, 3.8) is 0 Å².